The molecule has 0 bridgehead atoms. The summed E-state index contributed by atoms with van der Waals surface area (Å²) in [6.45, 7) is 1.69. The van der Waals surface area contributed by atoms with Gasteiger partial charge in [0.05, 0.1) is 5.56 Å². The third-order valence-electron chi connectivity index (χ3n) is 3.69. The highest BCUT2D eigenvalue weighted by Gasteiger charge is 2.32. The second kappa shape index (κ2) is 7.61. The van der Waals surface area contributed by atoms with Gasteiger partial charge in [0.2, 0.25) is 0 Å². The van der Waals surface area contributed by atoms with Gasteiger partial charge in [0.15, 0.2) is 0 Å². The molecule has 0 aromatic heterocycles. The zero-order valence-electron chi connectivity index (χ0n) is 13.5. The zero-order chi connectivity index (χ0) is 18.7. The van der Waals surface area contributed by atoms with Crippen molar-refractivity contribution in [3.05, 3.63) is 29.8 Å². The largest absolute Gasteiger partial charge is 0.490 e. The highest BCUT2D eigenvalue weighted by Crippen LogP contribution is 2.31. The number of benzene rings is 1. The fourth-order valence-corrected chi connectivity index (χ4v) is 3.43. The molecule has 10 heteroatoms. The number of rotatable bonds is 5. The van der Waals surface area contributed by atoms with Crippen molar-refractivity contribution in [3.63, 3.8) is 0 Å². The lowest BCUT2D eigenvalue weighted by Crippen LogP contribution is -2.43. The number of carbonyl (C=O) groups is 1. The van der Waals surface area contributed by atoms with Gasteiger partial charge in [-0.1, -0.05) is 6.92 Å². The molecule has 0 amide bonds. The lowest BCUT2D eigenvalue weighted by molar-refractivity contribution is -0.137. The fourth-order valence-electron chi connectivity index (χ4n) is 2.32. The van der Waals surface area contributed by atoms with Crippen LogP contribution >= 0.6 is 0 Å². The first-order chi connectivity index (χ1) is 11.6. The Morgan fingerprint density at radius 2 is 1.76 bits per heavy atom. The molecule has 0 saturated carbocycles. The van der Waals surface area contributed by atoms with E-state index in [1.165, 1.54) is 19.1 Å². The van der Waals surface area contributed by atoms with Crippen LogP contribution in [0.25, 0.3) is 0 Å². The molecule has 140 valence electrons. The van der Waals surface area contributed by atoms with Gasteiger partial charge >= 0.3 is 22.4 Å². The number of ether oxygens (including phenoxy) is 1. The van der Waals surface area contributed by atoms with E-state index in [-0.39, 0.29) is 31.4 Å². The first kappa shape index (κ1) is 19.5. The van der Waals surface area contributed by atoms with Crippen molar-refractivity contribution >= 4 is 16.3 Å². The van der Waals surface area contributed by atoms with Crippen LogP contribution in [0.5, 0.6) is 5.75 Å². The number of piperidine rings is 1. The van der Waals surface area contributed by atoms with Crippen LogP contribution in [0, 0.1) is 0 Å². The molecular formula is C15H18F3NO5S. The number of halogens is 3. The van der Waals surface area contributed by atoms with Crippen LogP contribution in [0.4, 0.5) is 13.2 Å². The van der Waals surface area contributed by atoms with Gasteiger partial charge in [0.25, 0.3) is 0 Å². The van der Waals surface area contributed by atoms with E-state index in [9.17, 15) is 26.4 Å². The first-order valence-corrected chi connectivity index (χ1v) is 9.04. The predicted octanol–water partition coefficient (Wildman–Crippen LogP) is 2.75. The van der Waals surface area contributed by atoms with Crippen molar-refractivity contribution in [2.75, 3.05) is 13.1 Å². The van der Waals surface area contributed by atoms with E-state index in [2.05, 4.69) is 4.18 Å². The van der Waals surface area contributed by atoms with Crippen LogP contribution in [0.2, 0.25) is 0 Å². The van der Waals surface area contributed by atoms with Crippen molar-refractivity contribution in [1.82, 2.24) is 4.31 Å². The molecule has 1 aromatic rings. The molecule has 1 saturated heterocycles. The minimum atomic E-state index is -4.41. The summed E-state index contributed by atoms with van der Waals surface area (Å²) in [4.78, 5) is 11.1. The predicted molar refractivity (Wildman–Crippen MR) is 82.0 cm³/mol. The number of nitrogens with zero attached hydrogens (tertiary/aromatic N) is 1. The molecule has 2 rings (SSSR count). The molecule has 0 atom stereocenters. The van der Waals surface area contributed by atoms with Gasteiger partial charge in [-0.25, -0.2) is 0 Å². The van der Waals surface area contributed by atoms with E-state index in [1.807, 2.05) is 0 Å². The number of alkyl halides is 3. The molecule has 0 radical (unpaired) electrons. The van der Waals surface area contributed by atoms with Gasteiger partial charge in [0, 0.05) is 19.5 Å². The van der Waals surface area contributed by atoms with Crippen LogP contribution in [0.15, 0.2) is 24.3 Å². The highest BCUT2D eigenvalue weighted by atomic mass is 32.2. The van der Waals surface area contributed by atoms with Crippen molar-refractivity contribution in [2.24, 2.45) is 0 Å². The molecule has 1 heterocycles. The summed E-state index contributed by atoms with van der Waals surface area (Å²) in [7, 11) is -4.11. The summed E-state index contributed by atoms with van der Waals surface area (Å²) in [5, 5.41) is 0. The van der Waals surface area contributed by atoms with Crippen molar-refractivity contribution in [1.29, 1.82) is 0 Å². The molecule has 25 heavy (non-hydrogen) atoms. The van der Waals surface area contributed by atoms with Gasteiger partial charge in [-0.3, -0.25) is 4.79 Å². The molecule has 1 aromatic carbocycles. The second-order valence-electron chi connectivity index (χ2n) is 5.50. The Morgan fingerprint density at radius 1 is 1.20 bits per heavy atom. The normalized spacial score (nSPS) is 17.3. The molecule has 0 N–H and O–H groups in total. The van der Waals surface area contributed by atoms with E-state index in [1.54, 1.807) is 0 Å². The quantitative estimate of drug-likeness (QED) is 0.784. The monoisotopic (exact) mass is 381 g/mol. The molecule has 1 aliphatic rings. The Balaban J connectivity index is 1.89. The third-order valence-corrected chi connectivity index (χ3v) is 5.08. The number of carbonyl (C=O) groups excluding carboxylic acids is 1. The van der Waals surface area contributed by atoms with Crippen LogP contribution in [0.1, 0.15) is 31.7 Å². The van der Waals surface area contributed by atoms with Gasteiger partial charge in [-0.2, -0.15) is 25.9 Å². The van der Waals surface area contributed by atoms with Crippen LogP contribution in [0.3, 0.4) is 0 Å². The molecule has 0 spiro atoms. The van der Waals surface area contributed by atoms with E-state index in [0.717, 1.165) is 16.4 Å². The third kappa shape index (κ3) is 5.33. The lowest BCUT2D eigenvalue weighted by Gasteiger charge is -2.30. The van der Waals surface area contributed by atoms with E-state index in [0.29, 0.717) is 12.8 Å². The Morgan fingerprint density at radius 3 is 2.24 bits per heavy atom. The standard InChI is InChI=1S/C15H18F3NO5S/c1-2-14(20)24-25(21,22)19-9-7-13(8-10-19)23-12-5-3-11(4-6-12)15(16,17)18/h3-6,13H,2,7-10H2,1H3. The maximum Gasteiger partial charge on any atom is 0.416 e. The Labute approximate surface area is 143 Å². The van der Waals surface area contributed by atoms with Crippen LogP contribution < -0.4 is 4.74 Å². The molecule has 6 nitrogen and oxygen atoms in total. The van der Waals surface area contributed by atoms with Gasteiger partial charge in [-0.05, 0) is 37.1 Å². The summed E-state index contributed by atoms with van der Waals surface area (Å²) in [5.41, 5.74) is -0.765. The molecule has 1 aliphatic heterocycles. The molecule has 0 unspecified atom stereocenters. The average Bonchev–Trinajstić information content (AvgIpc) is 2.54. The van der Waals surface area contributed by atoms with Crippen molar-refractivity contribution in [2.45, 2.75) is 38.5 Å². The maximum atomic E-state index is 12.5. The Bertz CT molecular complexity index is 695. The van der Waals surface area contributed by atoms with Gasteiger partial charge in [-0.15, -0.1) is 0 Å². The number of hydrogen-bond donors (Lipinski definition) is 0. The Kier molecular flexibility index (Phi) is 5.94. The average molecular weight is 381 g/mol. The van der Waals surface area contributed by atoms with E-state index >= 15 is 0 Å². The molecule has 0 aliphatic carbocycles. The fraction of sp³-hybridized carbons (Fsp3) is 0.533. The number of hydrogen-bond acceptors (Lipinski definition) is 5. The zero-order valence-corrected chi connectivity index (χ0v) is 14.3. The highest BCUT2D eigenvalue weighted by molar-refractivity contribution is 7.84. The summed E-state index contributed by atoms with van der Waals surface area (Å²) < 4.78 is 72.4. The maximum absolute atomic E-state index is 12.5. The van der Waals surface area contributed by atoms with E-state index < -0.39 is 28.0 Å². The van der Waals surface area contributed by atoms with Crippen LogP contribution in [-0.2, 0) is 25.5 Å². The minimum absolute atomic E-state index is 0.0489. The second-order valence-corrected chi connectivity index (χ2v) is 7.04. The molecule has 1 fully saturated rings. The lowest BCUT2D eigenvalue weighted by atomic mass is 10.1. The Hall–Kier alpha value is -1.81. The summed E-state index contributed by atoms with van der Waals surface area (Å²) in [6.07, 6.45) is -4.11. The van der Waals surface area contributed by atoms with Crippen LogP contribution in [-0.4, -0.2) is 37.9 Å². The summed E-state index contributed by atoms with van der Waals surface area (Å²) in [6, 6.07) is 4.32. The smallest absolute Gasteiger partial charge is 0.416 e. The van der Waals surface area contributed by atoms with Gasteiger partial charge in [0.1, 0.15) is 11.9 Å². The van der Waals surface area contributed by atoms with Gasteiger partial charge < -0.3 is 8.92 Å². The van der Waals surface area contributed by atoms with Crippen molar-refractivity contribution in [3.8, 4) is 5.75 Å². The molecular weight excluding hydrogens is 363 g/mol. The topological polar surface area (TPSA) is 72.9 Å². The SMILES string of the molecule is CCC(=O)OS(=O)(=O)N1CCC(Oc2ccc(C(F)(F)F)cc2)CC1. The van der Waals surface area contributed by atoms with E-state index in [4.69, 9.17) is 4.74 Å². The minimum Gasteiger partial charge on any atom is -0.490 e. The van der Waals surface area contributed by atoms with Crippen molar-refractivity contribution < 1.29 is 35.3 Å². The summed E-state index contributed by atoms with van der Waals surface area (Å²) >= 11 is 0. The summed E-state index contributed by atoms with van der Waals surface area (Å²) in [5.74, 6) is -0.546. The first-order valence-electron chi connectivity index (χ1n) is 7.68.